The van der Waals surface area contributed by atoms with E-state index in [1.807, 2.05) is 45.0 Å². The van der Waals surface area contributed by atoms with Gasteiger partial charge in [0.15, 0.2) is 0 Å². The Kier molecular flexibility index (Phi) is 5.95. The molecule has 2 aromatic rings. The quantitative estimate of drug-likeness (QED) is 0.825. The summed E-state index contributed by atoms with van der Waals surface area (Å²) in [5.74, 6) is -0.918. The van der Waals surface area contributed by atoms with E-state index in [9.17, 15) is 9.59 Å². The molecule has 0 atom stereocenters. The Morgan fingerprint density at radius 1 is 0.917 bits per heavy atom. The van der Waals surface area contributed by atoms with Gasteiger partial charge in [-0.2, -0.15) is 0 Å². The van der Waals surface area contributed by atoms with Crippen molar-refractivity contribution in [3.05, 3.63) is 54.1 Å². The number of nitrogens with one attached hydrogen (secondary N) is 2. The molecule has 0 radical (unpaired) electrons. The first-order valence-electron chi connectivity index (χ1n) is 7.97. The van der Waals surface area contributed by atoms with Gasteiger partial charge in [-0.3, -0.25) is 9.59 Å². The highest BCUT2D eigenvalue weighted by Crippen LogP contribution is 2.25. The summed E-state index contributed by atoms with van der Waals surface area (Å²) < 4.78 is 5.63. The second kappa shape index (κ2) is 8.15. The second-order valence-electron chi connectivity index (χ2n) is 5.58. The van der Waals surface area contributed by atoms with Crippen LogP contribution in [0.4, 0.5) is 11.4 Å². The molecule has 5 heteroatoms. The fourth-order valence-corrected chi connectivity index (χ4v) is 2.24. The van der Waals surface area contributed by atoms with Gasteiger partial charge in [0.25, 0.3) is 0 Å². The number of carbonyl (C=O) groups is 2. The smallest absolute Gasteiger partial charge is 0.314 e. The summed E-state index contributed by atoms with van der Waals surface area (Å²) in [5, 5.41) is 5.25. The third kappa shape index (κ3) is 4.59. The van der Waals surface area contributed by atoms with E-state index in [0.717, 1.165) is 12.0 Å². The average molecular weight is 326 g/mol. The molecule has 5 nitrogen and oxygen atoms in total. The van der Waals surface area contributed by atoms with Crippen molar-refractivity contribution in [2.75, 3.05) is 10.6 Å². The summed E-state index contributed by atoms with van der Waals surface area (Å²) in [6.07, 6.45) is 0.733. The van der Waals surface area contributed by atoms with Gasteiger partial charge < -0.3 is 15.4 Å². The number of anilines is 2. The van der Waals surface area contributed by atoms with E-state index in [4.69, 9.17) is 4.74 Å². The van der Waals surface area contributed by atoms with Crippen LogP contribution in [0, 0.1) is 0 Å². The standard InChI is InChI=1S/C19H22N2O3/c1-4-14-9-5-6-10-15(14)20-18(22)19(23)21-16-11-7-8-12-17(16)24-13(2)3/h5-13H,4H2,1-3H3,(H,20,22)(H,21,23). The number of ether oxygens (including phenoxy) is 1. The minimum Gasteiger partial charge on any atom is -0.489 e. The fraction of sp³-hybridized carbons (Fsp3) is 0.263. The Bertz CT molecular complexity index is 726. The van der Waals surface area contributed by atoms with Crippen LogP contribution in [0.1, 0.15) is 26.3 Å². The second-order valence-corrected chi connectivity index (χ2v) is 5.58. The third-order valence-electron chi connectivity index (χ3n) is 3.35. The monoisotopic (exact) mass is 326 g/mol. The van der Waals surface area contributed by atoms with Gasteiger partial charge in [-0.05, 0) is 44.0 Å². The van der Waals surface area contributed by atoms with Crippen LogP contribution in [0.25, 0.3) is 0 Å². The predicted octanol–water partition coefficient (Wildman–Crippen LogP) is 3.61. The number of amides is 2. The van der Waals surface area contributed by atoms with Crippen LogP contribution < -0.4 is 15.4 Å². The van der Waals surface area contributed by atoms with Gasteiger partial charge in [0.1, 0.15) is 5.75 Å². The van der Waals surface area contributed by atoms with Crippen molar-refractivity contribution in [3.8, 4) is 5.75 Å². The van der Waals surface area contributed by atoms with Crippen LogP contribution in [0.3, 0.4) is 0 Å². The topological polar surface area (TPSA) is 67.4 Å². The summed E-state index contributed by atoms with van der Waals surface area (Å²) in [7, 11) is 0. The van der Waals surface area contributed by atoms with E-state index in [-0.39, 0.29) is 6.10 Å². The van der Waals surface area contributed by atoms with Crippen molar-refractivity contribution in [2.24, 2.45) is 0 Å². The fourth-order valence-electron chi connectivity index (χ4n) is 2.24. The molecule has 2 N–H and O–H groups in total. The molecule has 0 aliphatic rings. The molecule has 2 aromatic carbocycles. The predicted molar refractivity (Wildman–Crippen MR) is 95.3 cm³/mol. The first-order valence-corrected chi connectivity index (χ1v) is 7.97. The summed E-state index contributed by atoms with van der Waals surface area (Å²) in [6.45, 7) is 5.78. The maximum Gasteiger partial charge on any atom is 0.314 e. The Morgan fingerprint density at radius 3 is 2.08 bits per heavy atom. The minimum atomic E-state index is -0.735. The van der Waals surface area contributed by atoms with Crippen molar-refractivity contribution >= 4 is 23.2 Å². The zero-order valence-electron chi connectivity index (χ0n) is 14.1. The van der Waals surface area contributed by atoms with Crippen molar-refractivity contribution in [1.29, 1.82) is 0 Å². The van der Waals surface area contributed by atoms with Crippen molar-refractivity contribution in [1.82, 2.24) is 0 Å². The summed E-state index contributed by atoms with van der Waals surface area (Å²) in [6, 6.07) is 14.4. The normalized spacial score (nSPS) is 10.3. The molecule has 0 saturated carbocycles. The number of carbonyl (C=O) groups excluding carboxylic acids is 2. The van der Waals surface area contributed by atoms with Gasteiger partial charge in [0.2, 0.25) is 0 Å². The zero-order valence-corrected chi connectivity index (χ0v) is 14.1. The molecule has 24 heavy (non-hydrogen) atoms. The Hall–Kier alpha value is -2.82. The van der Waals surface area contributed by atoms with Crippen LogP contribution in [0.2, 0.25) is 0 Å². The van der Waals surface area contributed by atoms with E-state index < -0.39 is 11.8 Å². The van der Waals surface area contributed by atoms with E-state index in [0.29, 0.717) is 17.1 Å². The third-order valence-corrected chi connectivity index (χ3v) is 3.35. The van der Waals surface area contributed by atoms with Crippen LogP contribution in [-0.2, 0) is 16.0 Å². The maximum absolute atomic E-state index is 12.2. The molecular formula is C19H22N2O3. The SMILES string of the molecule is CCc1ccccc1NC(=O)C(=O)Nc1ccccc1OC(C)C. The molecule has 0 aliphatic heterocycles. The molecule has 0 heterocycles. The molecule has 0 spiro atoms. The van der Waals surface area contributed by atoms with Gasteiger partial charge in [0.05, 0.1) is 11.8 Å². The lowest BCUT2D eigenvalue weighted by atomic mass is 10.1. The molecule has 0 saturated heterocycles. The molecule has 0 unspecified atom stereocenters. The number of rotatable bonds is 5. The highest BCUT2D eigenvalue weighted by atomic mass is 16.5. The Balaban J connectivity index is 2.08. The van der Waals surface area contributed by atoms with Gasteiger partial charge in [-0.1, -0.05) is 37.3 Å². The number of aryl methyl sites for hydroxylation is 1. The number of benzene rings is 2. The number of hydrogen-bond donors (Lipinski definition) is 2. The Labute approximate surface area is 142 Å². The minimum absolute atomic E-state index is 0.0340. The average Bonchev–Trinajstić information content (AvgIpc) is 2.56. The molecule has 2 rings (SSSR count). The lowest BCUT2D eigenvalue weighted by Gasteiger charge is -2.15. The number of para-hydroxylation sites is 3. The van der Waals surface area contributed by atoms with Gasteiger partial charge in [0, 0.05) is 5.69 Å². The van der Waals surface area contributed by atoms with E-state index >= 15 is 0 Å². The molecule has 2 amide bonds. The lowest BCUT2D eigenvalue weighted by Crippen LogP contribution is -2.29. The number of hydrogen-bond acceptors (Lipinski definition) is 3. The summed E-state index contributed by atoms with van der Waals surface area (Å²) in [5.41, 5.74) is 2.09. The van der Waals surface area contributed by atoms with Crippen LogP contribution in [0.15, 0.2) is 48.5 Å². The summed E-state index contributed by atoms with van der Waals surface area (Å²) in [4.78, 5) is 24.3. The van der Waals surface area contributed by atoms with Crippen molar-refractivity contribution in [3.63, 3.8) is 0 Å². The van der Waals surface area contributed by atoms with Crippen LogP contribution in [0.5, 0.6) is 5.75 Å². The van der Waals surface area contributed by atoms with Crippen LogP contribution >= 0.6 is 0 Å². The zero-order chi connectivity index (χ0) is 17.5. The van der Waals surface area contributed by atoms with Gasteiger partial charge >= 0.3 is 11.8 Å². The molecule has 0 aliphatic carbocycles. The molecule has 0 aromatic heterocycles. The van der Waals surface area contributed by atoms with E-state index in [1.165, 1.54) is 0 Å². The van der Waals surface area contributed by atoms with Crippen LogP contribution in [-0.4, -0.2) is 17.9 Å². The lowest BCUT2D eigenvalue weighted by molar-refractivity contribution is -0.133. The highest BCUT2D eigenvalue weighted by molar-refractivity contribution is 6.43. The molecule has 0 fully saturated rings. The largest absolute Gasteiger partial charge is 0.489 e. The molecule has 0 bridgehead atoms. The van der Waals surface area contributed by atoms with E-state index in [1.54, 1.807) is 24.3 Å². The maximum atomic E-state index is 12.2. The summed E-state index contributed by atoms with van der Waals surface area (Å²) >= 11 is 0. The van der Waals surface area contributed by atoms with Crippen molar-refractivity contribution < 1.29 is 14.3 Å². The molecule has 126 valence electrons. The molecular weight excluding hydrogens is 304 g/mol. The first-order chi connectivity index (χ1) is 11.5. The van der Waals surface area contributed by atoms with E-state index in [2.05, 4.69) is 10.6 Å². The first kappa shape index (κ1) is 17.5. The highest BCUT2D eigenvalue weighted by Gasteiger charge is 2.17. The Morgan fingerprint density at radius 2 is 1.46 bits per heavy atom. The van der Waals surface area contributed by atoms with Gasteiger partial charge in [-0.15, -0.1) is 0 Å². The van der Waals surface area contributed by atoms with Crippen molar-refractivity contribution in [2.45, 2.75) is 33.3 Å². The van der Waals surface area contributed by atoms with Gasteiger partial charge in [-0.25, -0.2) is 0 Å².